The van der Waals surface area contributed by atoms with Gasteiger partial charge in [0, 0.05) is 86.8 Å². The molecule has 1 aromatic carbocycles. The summed E-state index contributed by atoms with van der Waals surface area (Å²) in [5.41, 5.74) is -3.52. The topological polar surface area (TPSA) is 220 Å². The maximum absolute atomic E-state index is 15.4. The molecule has 1 aliphatic carbocycles. The lowest BCUT2D eigenvalue weighted by atomic mass is 9.72. The minimum atomic E-state index is -1.57. The Bertz CT molecular complexity index is 2520. The number of aliphatic hydroxyl groups excluding tert-OH is 2. The number of carbonyl (C=O) groups is 4. The van der Waals surface area contributed by atoms with Crippen LogP contribution in [-0.2, 0) is 52.3 Å². The van der Waals surface area contributed by atoms with Crippen molar-refractivity contribution >= 4 is 86.9 Å². The number of nitrogens with zero attached hydrogens (tertiary/aromatic N) is 3. The van der Waals surface area contributed by atoms with Crippen molar-refractivity contribution in [1.82, 2.24) is 9.88 Å². The average molecular weight is 1310 g/mol. The second kappa shape index (κ2) is 27.4. The third kappa shape index (κ3) is 14.1. The molecule has 454 valence electrons. The van der Waals surface area contributed by atoms with Crippen LogP contribution in [0.15, 0.2) is 30.6 Å². The monoisotopic (exact) mass is 1310 g/mol. The number of anilines is 1. The first-order valence-corrected chi connectivity index (χ1v) is 31.1. The van der Waals surface area contributed by atoms with E-state index in [0.717, 1.165) is 25.7 Å². The molecule has 1 unspecified atom stereocenters. The van der Waals surface area contributed by atoms with Gasteiger partial charge in [-0.25, -0.2) is 0 Å². The molecule has 81 heavy (non-hydrogen) atoms. The van der Waals surface area contributed by atoms with Gasteiger partial charge >= 0.3 is 11.9 Å². The van der Waals surface area contributed by atoms with E-state index < -0.39 is 117 Å². The molecule has 23 heteroatoms. The Morgan fingerprint density at radius 3 is 2.15 bits per heavy atom. The lowest BCUT2D eigenvalue weighted by molar-refractivity contribution is -0.319. The minimum Gasteiger partial charge on any atom is -0.493 e. The maximum Gasteiger partial charge on any atom is 0.320 e. The normalized spacial score (nSPS) is 38.2. The van der Waals surface area contributed by atoms with Crippen LogP contribution in [0.3, 0.4) is 0 Å². The van der Waals surface area contributed by atoms with Crippen LogP contribution >= 0.6 is 57.6 Å². The van der Waals surface area contributed by atoms with Crippen LogP contribution in [-0.4, -0.2) is 179 Å². The first-order chi connectivity index (χ1) is 38.1. The van der Waals surface area contributed by atoms with Crippen molar-refractivity contribution < 1.29 is 76.8 Å². The van der Waals surface area contributed by atoms with Crippen LogP contribution in [0.25, 0.3) is 0 Å². The second-order valence-corrected chi connectivity index (χ2v) is 26.8. The Morgan fingerprint density at radius 1 is 0.877 bits per heavy atom. The first kappa shape index (κ1) is 65.9. The number of amides is 1. The number of benzene rings is 1. The summed E-state index contributed by atoms with van der Waals surface area (Å²) in [6.45, 7) is 16.0. The van der Waals surface area contributed by atoms with Crippen molar-refractivity contribution in [3.05, 3.63) is 46.2 Å². The van der Waals surface area contributed by atoms with Gasteiger partial charge in [-0.3, -0.25) is 24.2 Å². The van der Waals surface area contributed by atoms with Gasteiger partial charge in [0.2, 0.25) is 0 Å². The summed E-state index contributed by atoms with van der Waals surface area (Å²) in [4.78, 5) is 67.3. The third-order valence-corrected chi connectivity index (χ3v) is 21.0. The molecule has 5 fully saturated rings. The summed E-state index contributed by atoms with van der Waals surface area (Å²) in [7, 11) is 8.33. The molecule has 2 N–H and O–H groups in total. The number of fused-ring (bicyclic) bond motifs is 1. The molecule has 5 aliphatic rings. The molecule has 1 amide bonds. The number of hydrogen-bond acceptors (Lipinski definition) is 19. The number of halogens is 3. The quantitative estimate of drug-likeness (QED) is 0.0911. The number of ketones is 1. The molecule has 0 spiro atoms. The number of cyclic esters (lactones) is 1. The Labute approximate surface area is 505 Å². The Kier molecular flexibility index (Phi) is 22.3. The molecule has 5 heterocycles. The van der Waals surface area contributed by atoms with E-state index in [4.69, 9.17) is 70.6 Å². The fourth-order valence-corrected chi connectivity index (χ4v) is 15.5. The number of aliphatic hydroxyl groups is 2. The predicted molar refractivity (Wildman–Crippen MR) is 314 cm³/mol. The molecule has 7 rings (SSSR count). The van der Waals surface area contributed by atoms with E-state index >= 15 is 9.59 Å². The van der Waals surface area contributed by atoms with E-state index in [1.54, 1.807) is 59.9 Å². The summed E-state index contributed by atoms with van der Waals surface area (Å²) in [5.74, 6) is -5.39. The minimum absolute atomic E-state index is 0.0202. The Hall–Kier alpha value is -2.65. The summed E-state index contributed by atoms with van der Waals surface area (Å²) in [6.07, 6.45) is -0.294. The average Bonchev–Trinajstić information content (AvgIpc) is 3.17. The summed E-state index contributed by atoms with van der Waals surface area (Å²) in [6, 6.07) is 4.87. The largest absolute Gasteiger partial charge is 0.493 e. The van der Waals surface area contributed by atoms with E-state index in [2.05, 4.69) is 4.98 Å². The molecule has 0 bridgehead atoms. The molecule has 4 saturated heterocycles. The lowest BCUT2D eigenvalue weighted by Gasteiger charge is -2.49. The van der Waals surface area contributed by atoms with Crippen molar-refractivity contribution in [1.29, 1.82) is 0 Å². The SMILES string of the molecule is COc1ccc(N(CCS[C@@H]2C(=O)O[C@@]3(C)[C@H]2[C@@H](C)C(=O)[C@H](C)C[C@@](C)(OC)[C@H](O[C@@H]2O[C@H](C)C[C@H](N(C)C)[C@H]2O)C(C)[C@H](O[C@H]2C[C@@](C)(OC)[C@@H](O)[C@H](C)O2)[C@@H](C)C(=O)O[C@@H]3I)C(=O)c2c(Cl)cncc2Cl)cc1OC1CCCC1. The number of carbonyl (C=O) groups excluding carboxylic acids is 4. The highest BCUT2D eigenvalue weighted by molar-refractivity contribution is 14.1. The highest BCUT2D eigenvalue weighted by Crippen LogP contribution is 2.51. The first-order valence-electron chi connectivity index (χ1n) is 28.1. The zero-order valence-electron chi connectivity index (χ0n) is 49.1. The fourth-order valence-electron chi connectivity index (χ4n) is 12.8. The van der Waals surface area contributed by atoms with Gasteiger partial charge in [-0.2, -0.15) is 0 Å². The van der Waals surface area contributed by atoms with Crippen molar-refractivity contribution in [2.75, 3.05) is 52.6 Å². The second-order valence-electron chi connectivity index (χ2n) is 23.6. The lowest BCUT2D eigenvalue weighted by Crippen LogP contribution is -2.61. The van der Waals surface area contributed by atoms with Crippen LogP contribution in [0.1, 0.15) is 118 Å². The van der Waals surface area contributed by atoms with Gasteiger partial charge in [-0.05, 0) is 129 Å². The van der Waals surface area contributed by atoms with Crippen molar-refractivity contribution in [3.8, 4) is 11.5 Å². The predicted octanol–water partition coefficient (Wildman–Crippen LogP) is 8.72. The standard InChI is InChI=1S/C58H84Cl2IN3O16S/c1-29-25-57(8,73-14)50(78-54-46(66)39(63(10)11)23-30(2)74-54)32(4)47(77-42-26-56(7,72-13)49(67)34(6)75-42)33(5)52(69)79-55(61)58(9)44(31(3)45(29)65)48(53(70)80-58)81-22-21-64(51(68)43-37(59)27-62-28-38(43)60)35-19-20-40(71-12)41(24-35)76-36-17-15-16-18-36/h19-20,24,27-34,36,39,42,44,46-50,54-55,66-67H,15-18,21-23,25-26H2,1-14H3/t29-,30-,31-,32?,33-,34+,39+,42+,44+,46-,47+,48+,49+,50-,54+,55+,56-,57-,58+/m1/s1. The third-order valence-electron chi connectivity index (χ3n) is 17.6. The molecule has 0 radical (unpaired) electrons. The van der Waals surface area contributed by atoms with Gasteiger partial charge in [-0.1, -0.05) is 44.0 Å². The van der Waals surface area contributed by atoms with Crippen molar-refractivity contribution in [2.45, 2.75) is 195 Å². The molecule has 19 nitrogen and oxygen atoms in total. The van der Waals surface area contributed by atoms with Gasteiger partial charge in [0.25, 0.3) is 5.91 Å². The number of likely N-dealkylation sites (N-methyl/N-ethyl adjacent to an activating group) is 1. The number of esters is 2. The molecule has 1 aromatic heterocycles. The number of rotatable bonds is 16. The van der Waals surface area contributed by atoms with E-state index in [1.807, 2.05) is 69.3 Å². The van der Waals surface area contributed by atoms with Gasteiger partial charge in [-0.15, -0.1) is 11.8 Å². The van der Waals surface area contributed by atoms with E-state index in [-0.39, 0.29) is 64.8 Å². The Morgan fingerprint density at radius 2 is 1.53 bits per heavy atom. The molecule has 2 aromatic rings. The molecular formula is C58H84Cl2IN3O16S. The molecule has 19 atom stereocenters. The number of pyridine rings is 1. The van der Waals surface area contributed by atoms with Crippen LogP contribution in [0.4, 0.5) is 5.69 Å². The molecule has 4 aliphatic heterocycles. The van der Waals surface area contributed by atoms with Crippen molar-refractivity contribution in [3.63, 3.8) is 0 Å². The Balaban J connectivity index is 1.26. The van der Waals surface area contributed by atoms with Crippen LogP contribution in [0.2, 0.25) is 10.0 Å². The van der Waals surface area contributed by atoms with Crippen LogP contribution < -0.4 is 14.4 Å². The van der Waals surface area contributed by atoms with Gasteiger partial charge in [0.1, 0.15) is 23.2 Å². The van der Waals surface area contributed by atoms with Crippen LogP contribution in [0.5, 0.6) is 11.5 Å². The molecule has 1 saturated carbocycles. The van der Waals surface area contributed by atoms with Gasteiger partial charge in [0.15, 0.2) is 33.8 Å². The van der Waals surface area contributed by atoms with E-state index in [9.17, 15) is 19.8 Å². The number of methoxy groups -OCH3 is 3. The smallest absolute Gasteiger partial charge is 0.320 e. The maximum atomic E-state index is 15.4. The highest BCUT2D eigenvalue weighted by atomic mass is 127. The van der Waals surface area contributed by atoms with Gasteiger partial charge in [0.05, 0.1) is 70.4 Å². The number of ether oxygens (including phenoxy) is 10. The zero-order chi connectivity index (χ0) is 59.6. The number of alkyl halides is 1. The summed E-state index contributed by atoms with van der Waals surface area (Å²) >= 11 is 16.4. The van der Waals surface area contributed by atoms with Gasteiger partial charge < -0.3 is 67.4 Å². The summed E-state index contributed by atoms with van der Waals surface area (Å²) < 4.78 is 62.8. The number of hydrogen-bond donors (Lipinski definition) is 2. The zero-order valence-corrected chi connectivity index (χ0v) is 53.5. The van der Waals surface area contributed by atoms with Crippen molar-refractivity contribution in [2.24, 2.45) is 29.6 Å². The molecular weight excluding hydrogens is 1220 g/mol. The van der Waals surface area contributed by atoms with E-state index in [0.29, 0.717) is 23.6 Å². The fraction of sp³-hybridized carbons (Fsp3) is 0.741. The number of aromatic nitrogens is 1. The number of thioether (sulfide) groups is 1. The van der Waals surface area contributed by atoms with E-state index in [1.165, 1.54) is 43.3 Å². The number of Topliss-reactive ketones (excluding diaryl/α,β-unsaturated/α-hetero) is 1. The summed E-state index contributed by atoms with van der Waals surface area (Å²) in [5, 5.41) is 22.2. The highest BCUT2D eigenvalue weighted by Gasteiger charge is 2.62. The van der Waals surface area contributed by atoms with Crippen LogP contribution in [0, 0.1) is 29.6 Å².